The van der Waals surface area contributed by atoms with Crippen molar-refractivity contribution < 1.29 is 13.4 Å². The fraction of sp³-hybridized carbons (Fsp3) is 1.00. The summed E-state index contributed by atoms with van der Waals surface area (Å²) >= 11 is -0.181. The van der Waals surface area contributed by atoms with Crippen molar-refractivity contribution in [1.29, 1.82) is 0 Å². The quantitative estimate of drug-likeness (QED) is 0.704. The fourth-order valence-electron chi connectivity index (χ4n) is 0. The van der Waals surface area contributed by atoms with Crippen LogP contribution in [-0.2, 0) is 13.4 Å². The van der Waals surface area contributed by atoms with Crippen LogP contribution in [0, 0.1) is 0 Å². The molecule has 0 rings (SSSR count). The summed E-state index contributed by atoms with van der Waals surface area (Å²) in [6.45, 7) is 0.944. The van der Waals surface area contributed by atoms with Gasteiger partial charge in [-0.05, 0) is 0 Å². The van der Waals surface area contributed by atoms with Gasteiger partial charge in [0.1, 0.15) is 0 Å². The summed E-state index contributed by atoms with van der Waals surface area (Å²) in [5.74, 6) is 0. The standard InChI is InChI=1S/2C2H6N2.2ClH.Cr/c2*3-1-2-4;;;/h2*3-4H,1-2H2;2*1H;/q2*-2;;;+2/p-2. The predicted octanol–water partition coefficient (Wildman–Crippen LogP) is 3.56. The summed E-state index contributed by atoms with van der Waals surface area (Å²) < 4.78 is 0. The van der Waals surface area contributed by atoms with Crippen molar-refractivity contribution in [1.82, 2.24) is 0 Å². The molecule has 0 spiro atoms. The molecule has 11 heavy (non-hydrogen) atoms. The third kappa shape index (κ3) is 101. The predicted molar refractivity (Wildman–Crippen MR) is 48.5 cm³/mol. The molecule has 7 heteroatoms. The second kappa shape index (κ2) is 30.6. The van der Waals surface area contributed by atoms with Crippen LogP contribution in [0.2, 0.25) is 0 Å². The molecule has 0 aromatic rings. The third-order valence-corrected chi connectivity index (χ3v) is 0.250. The van der Waals surface area contributed by atoms with Crippen LogP contribution in [0.3, 0.4) is 0 Å². The van der Waals surface area contributed by atoms with Crippen LogP contribution in [0.1, 0.15) is 0 Å². The van der Waals surface area contributed by atoms with Gasteiger partial charge in [0, 0.05) is 0 Å². The molecule has 0 heterocycles. The van der Waals surface area contributed by atoms with Gasteiger partial charge in [0.05, 0.1) is 0 Å². The molecule has 0 unspecified atom stereocenters. The SMILES string of the molecule is [Cl][Cr][Cl].[NH-]CC[NH-].[NH-]CC[NH-]. The number of halogens is 2. The average Bonchev–Trinajstić information content (AvgIpc) is 2.06. The number of rotatable bonds is 2. The van der Waals surface area contributed by atoms with Crippen LogP contribution in [-0.4, -0.2) is 26.2 Å². The molecule has 0 aromatic heterocycles. The first-order chi connectivity index (χ1) is 5.24. The maximum absolute atomic E-state index is 6.26. The molecule has 0 aliphatic heterocycles. The first kappa shape index (κ1) is 17.9. The largest absolute Gasteiger partial charge is 0.679 e. The number of nitrogens with one attached hydrogen (secondary N) is 4. The van der Waals surface area contributed by atoms with E-state index >= 15 is 0 Å². The van der Waals surface area contributed by atoms with Crippen molar-refractivity contribution in [2.45, 2.75) is 0 Å². The van der Waals surface area contributed by atoms with E-state index in [4.69, 9.17) is 43.0 Å². The molecule has 0 atom stereocenters. The Morgan fingerprint density at radius 3 is 0.818 bits per heavy atom. The molecule has 0 amide bonds. The zero-order chi connectivity index (χ0) is 9.54. The van der Waals surface area contributed by atoms with Gasteiger partial charge in [-0.3, -0.25) is 0 Å². The Morgan fingerprint density at radius 1 is 0.727 bits per heavy atom. The average molecular weight is 239 g/mol. The molecule has 0 aliphatic rings. The van der Waals surface area contributed by atoms with E-state index in [0.717, 1.165) is 0 Å². The van der Waals surface area contributed by atoms with Crippen molar-refractivity contribution in [2.75, 3.05) is 26.2 Å². The van der Waals surface area contributed by atoms with Crippen LogP contribution in [0.4, 0.5) is 0 Å². The van der Waals surface area contributed by atoms with Crippen LogP contribution in [0.5, 0.6) is 0 Å². The van der Waals surface area contributed by atoms with Crippen LogP contribution in [0.15, 0.2) is 0 Å². The summed E-state index contributed by atoms with van der Waals surface area (Å²) in [6, 6.07) is 0. The molecule has 0 aromatic carbocycles. The van der Waals surface area contributed by atoms with Crippen LogP contribution >= 0.6 is 20.1 Å². The Balaban J connectivity index is -0.0000000886. The van der Waals surface area contributed by atoms with E-state index in [2.05, 4.69) is 0 Å². The van der Waals surface area contributed by atoms with E-state index in [1.54, 1.807) is 0 Å². The summed E-state index contributed by atoms with van der Waals surface area (Å²) in [5, 5.41) is 0. The minimum absolute atomic E-state index is 0.181. The minimum atomic E-state index is -0.181. The van der Waals surface area contributed by atoms with Crippen molar-refractivity contribution >= 4 is 20.1 Å². The van der Waals surface area contributed by atoms with E-state index < -0.39 is 0 Å². The van der Waals surface area contributed by atoms with Gasteiger partial charge in [-0.2, -0.15) is 26.2 Å². The van der Waals surface area contributed by atoms with Crippen LogP contribution in [0.25, 0.3) is 22.9 Å². The maximum atomic E-state index is 6.26. The maximum Gasteiger partial charge on any atom is -0.171 e. The van der Waals surface area contributed by atoms with Gasteiger partial charge >= 0.3 is 33.5 Å². The van der Waals surface area contributed by atoms with Crippen molar-refractivity contribution in [3.63, 3.8) is 0 Å². The van der Waals surface area contributed by atoms with E-state index in [1.165, 1.54) is 0 Å². The summed E-state index contributed by atoms with van der Waals surface area (Å²) in [6.07, 6.45) is 0. The Labute approximate surface area is 82.7 Å². The molecule has 0 saturated carbocycles. The minimum Gasteiger partial charge on any atom is -0.679 e. The summed E-state index contributed by atoms with van der Waals surface area (Å²) in [5.41, 5.74) is 25.1. The first-order valence-electron chi connectivity index (χ1n) is 2.72. The number of hydrogen-bond donors (Lipinski definition) is 0. The van der Waals surface area contributed by atoms with Gasteiger partial charge < -0.3 is 22.9 Å². The molecule has 4 nitrogen and oxygen atoms in total. The van der Waals surface area contributed by atoms with E-state index in [1.807, 2.05) is 0 Å². The van der Waals surface area contributed by atoms with Gasteiger partial charge in [0.2, 0.25) is 0 Å². The Morgan fingerprint density at radius 2 is 0.818 bits per heavy atom. The van der Waals surface area contributed by atoms with Crippen molar-refractivity contribution in [3.8, 4) is 0 Å². The van der Waals surface area contributed by atoms with Gasteiger partial charge in [0.25, 0.3) is 0 Å². The molecule has 0 bridgehead atoms. The normalized spacial score (nSPS) is 7.09. The zero-order valence-corrected chi connectivity index (χ0v) is 8.78. The van der Waals surface area contributed by atoms with E-state index in [-0.39, 0.29) is 39.6 Å². The molecule has 72 valence electrons. The summed E-state index contributed by atoms with van der Waals surface area (Å²) in [4.78, 5) is 0. The Hall–Kier alpha value is 0.952. The second-order valence-electron chi connectivity index (χ2n) is 1.06. The van der Waals surface area contributed by atoms with Crippen molar-refractivity contribution in [3.05, 3.63) is 22.9 Å². The molecule has 0 saturated heterocycles. The molecule has 0 fully saturated rings. The third-order valence-electron chi connectivity index (χ3n) is 0.250. The van der Waals surface area contributed by atoms with E-state index in [9.17, 15) is 0 Å². The van der Waals surface area contributed by atoms with Gasteiger partial charge in [-0.15, -0.1) is 0 Å². The van der Waals surface area contributed by atoms with Gasteiger partial charge in [0.15, 0.2) is 0 Å². The Bertz CT molecular complexity index is 35.3. The van der Waals surface area contributed by atoms with Gasteiger partial charge in [-0.25, -0.2) is 0 Å². The van der Waals surface area contributed by atoms with E-state index in [0.29, 0.717) is 0 Å². The molecule has 4 N–H and O–H groups in total. The molecular weight excluding hydrogens is 227 g/mol. The van der Waals surface area contributed by atoms with Crippen LogP contribution < -0.4 is 0 Å². The molecule has 0 radical (unpaired) electrons. The van der Waals surface area contributed by atoms with Gasteiger partial charge in [-0.1, -0.05) is 0 Å². The first-order valence-corrected chi connectivity index (χ1v) is 6.23. The molecule has 0 aliphatic carbocycles. The monoisotopic (exact) mass is 238 g/mol. The fourth-order valence-corrected chi connectivity index (χ4v) is 0. The Kier molecular flexibility index (Phi) is 49.8. The number of hydrogen-bond acceptors (Lipinski definition) is 0. The zero-order valence-electron chi connectivity index (χ0n) is 5.99. The van der Waals surface area contributed by atoms with Crippen molar-refractivity contribution in [2.24, 2.45) is 0 Å². The molecular formula is C4H12Cl2CrN4-4. The second-order valence-corrected chi connectivity index (χ2v) is 3.16. The smallest absolute Gasteiger partial charge is 0.171 e. The summed E-state index contributed by atoms with van der Waals surface area (Å²) in [7, 11) is 9.65. The topological polar surface area (TPSA) is 95.2 Å².